The molecule has 0 saturated heterocycles. The average molecular weight is 217 g/mol. The minimum atomic E-state index is 0.674. The molecule has 0 bridgehead atoms. The maximum absolute atomic E-state index is 4.18. The van der Waals surface area contributed by atoms with Crippen LogP contribution in [0.3, 0.4) is 0 Å². The first-order chi connectivity index (χ1) is 6.81. The molecule has 1 nitrogen and oxygen atoms in total. The molecular formula is C12H27NS. The Labute approximate surface area is 95.5 Å². The van der Waals surface area contributed by atoms with Gasteiger partial charge in [-0.3, -0.25) is 0 Å². The Hall–Kier alpha value is 0.310. The Morgan fingerprint density at radius 2 is 1.71 bits per heavy atom. The predicted molar refractivity (Wildman–Crippen MR) is 69.3 cm³/mol. The van der Waals surface area contributed by atoms with Gasteiger partial charge in [0.2, 0.25) is 0 Å². The van der Waals surface area contributed by atoms with Gasteiger partial charge in [-0.1, -0.05) is 45.4 Å². The van der Waals surface area contributed by atoms with Crippen molar-refractivity contribution in [1.29, 1.82) is 0 Å². The Kier molecular flexibility index (Phi) is 11.6. The fourth-order valence-corrected chi connectivity index (χ4v) is 1.77. The molecule has 0 aliphatic carbocycles. The van der Waals surface area contributed by atoms with Crippen LogP contribution in [0, 0.1) is 0 Å². The minimum Gasteiger partial charge on any atom is -0.313 e. The van der Waals surface area contributed by atoms with Crippen LogP contribution in [0.4, 0.5) is 0 Å². The largest absolute Gasteiger partial charge is 0.313 e. The highest BCUT2D eigenvalue weighted by Gasteiger charge is 1.99. The summed E-state index contributed by atoms with van der Waals surface area (Å²) in [4.78, 5) is 0. The Balaban J connectivity index is 3.02. The molecule has 86 valence electrons. The van der Waals surface area contributed by atoms with Crippen LogP contribution in [0.1, 0.15) is 58.8 Å². The van der Waals surface area contributed by atoms with Crippen molar-refractivity contribution in [2.75, 3.05) is 12.3 Å². The molecule has 0 heterocycles. The van der Waals surface area contributed by atoms with Crippen LogP contribution in [-0.4, -0.2) is 18.3 Å². The van der Waals surface area contributed by atoms with E-state index in [2.05, 4.69) is 31.8 Å². The molecule has 0 radical (unpaired) electrons. The third-order valence-electron chi connectivity index (χ3n) is 2.60. The Morgan fingerprint density at radius 3 is 2.36 bits per heavy atom. The van der Waals surface area contributed by atoms with Crippen LogP contribution in [0.15, 0.2) is 0 Å². The van der Waals surface area contributed by atoms with Gasteiger partial charge in [0.15, 0.2) is 0 Å². The highest BCUT2D eigenvalue weighted by Crippen LogP contribution is 2.08. The lowest BCUT2D eigenvalue weighted by Gasteiger charge is -2.12. The van der Waals surface area contributed by atoms with Crippen molar-refractivity contribution in [3.63, 3.8) is 0 Å². The molecule has 0 aliphatic heterocycles. The second-order valence-corrected chi connectivity index (χ2v) is 4.58. The number of rotatable bonds is 10. The molecule has 1 atom stereocenters. The molecule has 0 saturated carbocycles. The second-order valence-electron chi connectivity index (χ2n) is 4.14. The van der Waals surface area contributed by atoms with Gasteiger partial charge in [-0.2, -0.15) is 12.6 Å². The molecule has 0 spiro atoms. The normalized spacial score (nSPS) is 13.1. The first-order valence-electron chi connectivity index (χ1n) is 6.15. The van der Waals surface area contributed by atoms with Crippen molar-refractivity contribution in [1.82, 2.24) is 5.32 Å². The Bertz CT molecular complexity index is 106. The minimum absolute atomic E-state index is 0.674. The van der Waals surface area contributed by atoms with E-state index in [-0.39, 0.29) is 0 Å². The zero-order valence-electron chi connectivity index (χ0n) is 9.89. The van der Waals surface area contributed by atoms with Gasteiger partial charge in [0.25, 0.3) is 0 Å². The van der Waals surface area contributed by atoms with Gasteiger partial charge in [-0.05, 0) is 13.3 Å². The summed E-state index contributed by atoms with van der Waals surface area (Å²) in [5.41, 5.74) is 0. The van der Waals surface area contributed by atoms with E-state index in [0.29, 0.717) is 6.04 Å². The quantitative estimate of drug-likeness (QED) is 0.420. The topological polar surface area (TPSA) is 12.0 Å². The summed E-state index contributed by atoms with van der Waals surface area (Å²) in [7, 11) is 0. The van der Waals surface area contributed by atoms with Gasteiger partial charge in [0.05, 0.1) is 0 Å². The summed E-state index contributed by atoms with van der Waals surface area (Å²) in [6.45, 7) is 5.58. The van der Waals surface area contributed by atoms with Crippen LogP contribution in [0.5, 0.6) is 0 Å². The van der Waals surface area contributed by atoms with Crippen molar-refractivity contribution in [3.05, 3.63) is 0 Å². The second kappa shape index (κ2) is 11.4. The van der Waals surface area contributed by atoms with Crippen LogP contribution in [0.25, 0.3) is 0 Å². The summed E-state index contributed by atoms with van der Waals surface area (Å²) >= 11 is 4.18. The summed E-state index contributed by atoms with van der Waals surface area (Å²) in [6.07, 6.45) is 9.71. The molecular weight excluding hydrogens is 190 g/mol. The van der Waals surface area contributed by atoms with E-state index in [4.69, 9.17) is 0 Å². The highest BCUT2D eigenvalue weighted by molar-refractivity contribution is 7.80. The van der Waals surface area contributed by atoms with Crippen molar-refractivity contribution in [2.24, 2.45) is 0 Å². The zero-order chi connectivity index (χ0) is 10.6. The van der Waals surface area contributed by atoms with Crippen molar-refractivity contribution in [2.45, 2.75) is 64.8 Å². The lowest BCUT2D eigenvalue weighted by molar-refractivity contribution is 0.490. The van der Waals surface area contributed by atoms with Crippen molar-refractivity contribution >= 4 is 12.6 Å². The molecule has 0 fully saturated rings. The number of nitrogens with one attached hydrogen (secondary N) is 1. The van der Waals surface area contributed by atoms with Gasteiger partial charge in [-0.25, -0.2) is 0 Å². The fourth-order valence-electron chi connectivity index (χ4n) is 1.64. The molecule has 1 N–H and O–H groups in total. The van der Waals surface area contributed by atoms with Gasteiger partial charge in [-0.15, -0.1) is 0 Å². The lowest BCUT2D eigenvalue weighted by Crippen LogP contribution is -2.27. The first-order valence-corrected chi connectivity index (χ1v) is 6.78. The van der Waals surface area contributed by atoms with E-state index >= 15 is 0 Å². The van der Waals surface area contributed by atoms with Crippen LogP contribution < -0.4 is 5.32 Å². The molecule has 2 heteroatoms. The molecule has 14 heavy (non-hydrogen) atoms. The summed E-state index contributed by atoms with van der Waals surface area (Å²) in [6, 6.07) is 0.674. The zero-order valence-corrected chi connectivity index (χ0v) is 10.8. The van der Waals surface area contributed by atoms with Gasteiger partial charge < -0.3 is 5.32 Å². The summed E-state index contributed by atoms with van der Waals surface area (Å²) < 4.78 is 0. The monoisotopic (exact) mass is 217 g/mol. The van der Waals surface area contributed by atoms with E-state index in [1.54, 1.807) is 0 Å². The van der Waals surface area contributed by atoms with E-state index in [1.165, 1.54) is 44.9 Å². The number of hydrogen-bond acceptors (Lipinski definition) is 2. The number of hydrogen-bond donors (Lipinski definition) is 2. The average Bonchev–Trinajstić information content (AvgIpc) is 2.20. The van der Waals surface area contributed by atoms with E-state index in [0.717, 1.165) is 12.3 Å². The molecule has 0 aromatic rings. The third-order valence-corrected chi connectivity index (χ3v) is 2.82. The Morgan fingerprint density at radius 1 is 1.07 bits per heavy atom. The fraction of sp³-hybridized carbons (Fsp3) is 1.00. The number of thiol groups is 1. The molecule has 0 aromatic heterocycles. The third kappa shape index (κ3) is 10.4. The maximum Gasteiger partial charge on any atom is 0.00422 e. The van der Waals surface area contributed by atoms with E-state index < -0.39 is 0 Å². The molecule has 0 rings (SSSR count). The smallest absolute Gasteiger partial charge is 0.00422 e. The molecule has 1 unspecified atom stereocenters. The molecule has 0 amide bonds. The van der Waals surface area contributed by atoms with Crippen molar-refractivity contribution in [3.8, 4) is 0 Å². The van der Waals surface area contributed by atoms with Crippen LogP contribution in [-0.2, 0) is 0 Å². The lowest BCUT2D eigenvalue weighted by atomic mass is 10.1. The van der Waals surface area contributed by atoms with Gasteiger partial charge >= 0.3 is 0 Å². The summed E-state index contributed by atoms with van der Waals surface area (Å²) in [5.74, 6) is 0.945. The van der Waals surface area contributed by atoms with E-state index in [1.807, 2.05) is 0 Å². The highest BCUT2D eigenvalue weighted by atomic mass is 32.1. The standard InChI is InChI=1S/C12H27NS/c1-3-4-5-6-7-8-9-12(2)13-10-11-14/h12-14H,3-11H2,1-2H3. The van der Waals surface area contributed by atoms with Crippen molar-refractivity contribution < 1.29 is 0 Å². The SMILES string of the molecule is CCCCCCCCC(C)NCCS. The number of unbranched alkanes of at least 4 members (excludes halogenated alkanes) is 5. The molecule has 0 aromatic carbocycles. The van der Waals surface area contributed by atoms with E-state index in [9.17, 15) is 0 Å². The van der Waals surface area contributed by atoms with Crippen LogP contribution in [0.2, 0.25) is 0 Å². The maximum atomic E-state index is 4.18. The predicted octanol–water partition coefficient (Wildman–Crippen LogP) is 3.64. The first kappa shape index (κ1) is 14.3. The van der Waals surface area contributed by atoms with Crippen LogP contribution >= 0.6 is 12.6 Å². The summed E-state index contributed by atoms with van der Waals surface area (Å²) in [5, 5.41) is 3.46. The van der Waals surface area contributed by atoms with Gasteiger partial charge in [0, 0.05) is 18.3 Å². The molecule has 0 aliphatic rings. The van der Waals surface area contributed by atoms with Gasteiger partial charge in [0.1, 0.15) is 0 Å².